The molecule has 6 heteroatoms. The van der Waals surface area contributed by atoms with Gasteiger partial charge < -0.3 is 15.0 Å². The molecule has 0 aliphatic heterocycles. The van der Waals surface area contributed by atoms with E-state index in [1.165, 1.54) is 0 Å². The maximum Gasteiger partial charge on any atom is 0.338 e. The molecule has 3 aromatic rings. The van der Waals surface area contributed by atoms with Crippen LogP contribution in [0.1, 0.15) is 31.1 Å². The van der Waals surface area contributed by atoms with E-state index in [4.69, 9.17) is 4.74 Å². The summed E-state index contributed by atoms with van der Waals surface area (Å²) >= 11 is 0. The molecule has 0 saturated heterocycles. The highest BCUT2D eigenvalue weighted by atomic mass is 16.5. The summed E-state index contributed by atoms with van der Waals surface area (Å²) in [5.41, 5.74) is 1.55. The number of carbonyl (C=O) groups is 3. The van der Waals surface area contributed by atoms with E-state index >= 15 is 0 Å². The summed E-state index contributed by atoms with van der Waals surface area (Å²) in [6.45, 7) is 0.834. The van der Waals surface area contributed by atoms with Gasteiger partial charge in [-0.3, -0.25) is 9.59 Å². The van der Waals surface area contributed by atoms with Crippen LogP contribution in [0.5, 0.6) is 0 Å². The second-order valence-corrected chi connectivity index (χ2v) is 6.78. The van der Waals surface area contributed by atoms with Crippen LogP contribution in [0.4, 0.5) is 0 Å². The number of amides is 2. The van der Waals surface area contributed by atoms with Crippen molar-refractivity contribution < 1.29 is 19.1 Å². The molecule has 0 unspecified atom stereocenters. The minimum Gasteiger partial charge on any atom is -0.460 e. The van der Waals surface area contributed by atoms with Crippen molar-refractivity contribution in [1.29, 1.82) is 0 Å². The lowest BCUT2D eigenvalue weighted by Crippen LogP contribution is -2.40. The molecule has 31 heavy (non-hydrogen) atoms. The molecule has 0 atom stereocenters. The van der Waals surface area contributed by atoms with Crippen molar-refractivity contribution in [2.24, 2.45) is 0 Å². The molecule has 3 aromatic carbocycles. The lowest BCUT2D eigenvalue weighted by Gasteiger charge is -2.23. The highest BCUT2D eigenvalue weighted by Crippen LogP contribution is 2.06. The molecular formula is C25H24N2O4. The molecule has 0 aliphatic rings. The Morgan fingerprint density at radius 1 is 0.677 bits per heavy atom. The average Bonchev–Trinajstić information content (AvgIpc) is 2.84. The number of benzene rings is 3. The highest BCUT2D eigenvalue weighted by molar-refractivity contribution is 5.95. The van der Waals surface area contributed by atoms with Crippen LogP contribution in [0.3, 0.4) is 0 Å². The zero-order valence-electron chi connectivity index (χ0n) is 17.1. The lowest BCUT2D eigenvalue weighted by molar-refractivity contribution is 0.0436. The van der Waals surface area contributed by atoms with Gasteiger partial charge in [0.25, 0.3) is 11.8 Å². The summed E-state index contributed by atoms with van der Waals surface area (Å²) in [4.78, 5) is 38.9. The van der Waals surface area contributed by atoms with E-state index in [1.54, 1.807) is 77.7 Å². The van der Waals surface area contributed by atoms with Gasteiger partial charge in [-0.05, 0) is 36.4 Å². The minimum atomic E-state index is -0.440. The molecule has 0 bridgehead atoms. The molecule has 158 valence electrons. The van der Waals surface area contributed by atoms with E-state index in [9.17, 15) is 14.4 Å². The number of nitrogens with one attached hydrogen (secondary N) is 1. The van der Waals surface area contributed by atoms with Crippen molar-refractivity contribution in [2.75, 3.05) is 26.2 Å². The molecule has 0 saturated carbocycles. The van der Waals surface area contributed by atoms with Gasteiger partial charge in [-0.2, -0.15) is 0 Å². The first kappa shape index (κ1) is 21.8. The first-order chi connectivity index (χ1) is 15.1. The molecule has 1 N–H and O–H groups in total. The number of carbonyl (C=O) groups excluding carboxylic acids is 3. The van der Waals surface area contributed by atoms with Gasteiger partial charge in [0, 0.05) is 24.2 Å². The second kappa shape index (κ2) is 11.3. The number of rotatable bonds is 9. The highest BCUT2D eigenvalue weighted by Gasteiger charge is 2.17. The van der Waals surface area contributed by atoms with Gasteiger partial charge in [-0.25, -0.2) is 4.79 Å². The molecule has 0 fully saturated rings. The molecular weight excluding hydrogens is 392 g/mol. The van der Waals surface area contributed by atoms with Crippen LogP contribution in [0, 0.1) is 0 Å². The third-order valence-electron chi connectivity index (χ3n) is 4.62. The third kappa shape index (κ3) is 6.54. The van der Waals surface area contributed by atoms with Crippen molar-refractivity contribution in [1.82, 2.24) is 10.2 Å². The van der Waals surface area contributed by atoms with Crippen LogP contribution in [0.25, 0.3) is 0 Å². The van der Waals surface area contributed by atoms with Crippen molar-refractivity contribution in [3.63, 3.8) is 0 Å². The average molecular weight is 416 g/mol. The van der Waals surface area contributed by atoms with Crippen molar-refractivity contribution in [3.05, 3.63) is 108 Å². The number of hydrogen-bond donors (Lipinski definition) is 1. The smallest absolute Gasteiger partial charge is 0.338 e. The van der Waals surface area contributed by atoms with E-state index < -0.39 is 5.97 Å². The van der Waals surface area contributed by atoms with E-state index in [-0.39, 0.29) is 38.1 Å². The van der Waals surface area contributed by atoms with E-state index in [0.717, 1.165) is 0 Å². The Balaban J connectivity index is 1.57. The van der Waals surface area contributed by atoms with Gasteiger partial charge in [0.05, 0.1) is 12.1 Å². The normalized spacial score (nSPS) is 10.2. The first-order valence-corrected chi connectivity index (χ1v) is 10.0. The third-order valence-corrected chi connectivity index (χ3v) is 4.62. The number of ether oxygens (including phenoxy) is 1. The van der Waals surface area contributed by atoms with Crippen LogP contribution in [0.15, 0.2) is 91.0 Å². The largest absolute Gasteiger partial charge is 0.460 e. The summed E-state index contributed by atoms with van der Waals surface area (Å²) < 4.78 is 5.32. The summed E-state index contributed by atoms with van der Waals surface area (Å²) in [5, 5.41) is 2.82. The van der Waals surface area contributed by atoms with Gasteiger partial charge in [-0.1, -0.05) is 54.6 Å². The Bertz CT molecular complexity index is 934. The Kier molecular flexibility index (Phi) is 7.94. The molecule has 0 spiro atoms. The maximum absolute atomic E-state index is 12.9. The quantitative estimate of drug-likeness (QED) is 0.543. The first-order valence-electron chi connectivity index (χ1n) is 10.0. The Hall–Kier alpha value is -3.93. The zero-order chi connectivity index (χ0) is 21.9. The zero-order valence-corrected chi connectivity index (χ0v) is 17.1. The van der Waals surface area contributed by atoms with E-state index in [0.29, 0.717) is 16.7 Å². The Morgan fingerprint density at radius 3 is 1.77 bits per heavy atom. The maximum atomic E-state index is 12.9. The van der Waals surface area contributed by atoms with E-state index in [1.807, 2.05) is 18.2 Å². The minimum absolute atomic E-state index is 0.0545. The molecule has 3 rings (SSSR count). The molecule has 0 radical (unpaired) electrons. The summed E-state index contributed by atoms with van der Waals surface area (Å²) in [6.07, 6.45) is 0. The van der Waals surface area contributed by atoms with Crippen molar-refractivity contribution in [2.45, 2.75) is 0 Å². The molecule has 0 heterocycles. The summed E-state index contributed by atoms with van der Waals surface area (Å²) in [6, 6.07) is 26.4. The number of esters is 1. The fourth-order valence-electron chi connectivity index (χ4n) is 2.98. The van der Waals surface area contributed by atoms with Crippen molar-refractivity contribution >= 4 is 17.8 Å². The summed E-state index contributed by atoms with van der Waals surface area (Å²) in [7, 11) is 0. The Labute approximate surface area is 181 Å². The van der Waals surface area contributed by atoms with Gasteiger partial charge in [0.1, 0.15) is 6.61 Å². The fraction of sp³-hybridized carbons (Fsp3) is 0.160. The monoisotopic (exact) mass is 416 g/mol. The predicted molar refractivity (Wildman–Crippen MR) is 118 cm³/mol. The molecule has 2 amide bonds. The van der Waals surface area contributed by atoms with Gasteiger partial charge in [0.2, 0.25) is 0 Å². The van der Waals surface area contributed by atoms with E-state index in [2.05, 4.69) is 5.32 Å². The predicted octanol–water partition coefficient (Wildman–Crippen LogP) is 3.42. The van der Waals surface area contributed by atoms with Gasteiger partial charge >= 0.3 is 5.97 Å². The lowest BCUT2D eigenvalue weighted by atomic mass is 10.2. The van der Waals surface area contributed by atoms with Crippen LogP contribution in [-0.2, 0) is 4.74 Å². The summed E-state index contributed by atoms with van der Waals surface area (Å²) in [5.74, 6) is -0.835. The van der Waals surface area contributed by atoms with Crippen LogP contribution < -0.4 is 5.32 Å². The standard InChI is InChI=1S/C25H24N2O4/c28-23(20-10-4-1-5-11-20)26-16-17-27(24(29)21-12-6-2-7-13-21)18-19-31-25(30)22-14-8-3-9-15-22/h1-15H,16-19H2,(H,26,28). The Morgan fingerprint density at radius 2 is 1.19 bits per heavy atom. The number of nitrogens with zero attached hydrogens (tertiary/aromatic N) is 1. The molecule has 0 aromatic heterocycles. The second-order valence-electron chi connectivity index (χ2n) is 6.78. The van der Waals surface area contributed by atoms with Crippen LogP contribution in [-0.4, -0.2) is 48.9 Å². The fourth-order valence-corrected chi connectivity index (χ4v) is 2.98. The van der Waals surface area contributed by atoms with Crippen molar-refractivity contribution in [3.8, 4) is 0 Å². The van der Waals surface area contributed by atoms with Gasteiger partial charge in [0.15, 0.2) is 0 Å². The SMILES string of the molecule is O=C(NCCN(CCOC(=O)c1ccccc1)C(=O)c1ccccc1)c1ccccc1. The van der Waals surface area contributed by atoms with Crippen LogP contribution in [0.2, 0.25) is 0 Å². The topological polar surface area (TPSA) is 75.7 Å². The number of hydrogen-bond acceptors (Lipinski definition) is 4. The molecule has 0 aliphatic carbocycles. The van der Waals surface area contributed by atoms with Gasteiger partial charge in [-0.15, -0.1) is 0 Å². The molecule has 6 nitrogen and oxygen atoms in total. The van der Waals surface area contributed by atoms with Crippen LogP contribution >= 0.6 is 0 Å².